The number of piperazine rings is 1. The monoisotopic (exact) mass is 392 g/mol. The number of thiophene rings is 1. The van der Waals surface area contributed by atoms with Crippen LogP contribution in [-0.4, -0.2) is 65.4 Å². The summed E-state index contributed by atoms with van der Waals surface area (Å²) in [5, 5.41) is 3.84. The van der Waals surface area contributed by atoms with Crippen molar-refractivity contribution in [3.8, 4) is 0 Å². The van der Waals surface area contributed by atoms with Gasteiger partial charge in [0.15, 0.2) is 5.82 Å². The summed E-state index contributed by atoms with van der Waals surface area (Å²) in [5.41, 5.74) is 0.126. The highest BCUT2D eigenvalue weighted by Gasteiger charge is 2.49. The van der Waals surface area contributed by atoms with Crippen LogP contribution in [0.25, 0.3) is 0 Å². The first-order chi connectivity index (χ1) is 12.9. The molecule has 2 saturated heterocycles. The van der Waals surface area contributed by atoms with Crippen LogP contribution in [0, 0.1) is 11.8 Å². The molecule has 0 N–H and O–H groups in total. The Morgan fingerprint density at radius 2 is 2.15 bits per heavy atom. The molecule has 27 heavy (non-hydrogen) atoms. The second-order valence-electron chi connectivity index (χ2n) is 7.01. The van der Waals surface area contributed by atoms with Crippen LogP contribution in [0.1, 0.15) is 16.8 Å². The number of anilines is 1. The summed E-state index contributed by atoms with van der Waals surface area (Å²) in [5.74, 6) is -2.28. The fourth-order valence-electron chi connectivity index (χ4n) is 3.82. The van der Waals surface area contributed by atoms with E-state index in [4.69, 9.17) is 0 Å². The third kappa shape index (κ3) is 3.10. The zero-order valence-electron chi connectivity index (χ0n) is 14.7. The topological polar surface area (TPSA) is 56.8 Å². The third-order valence-electron chi connectivity index (χ3n) is 5.43. The van der Waals surface area contributed by atoms with Crippen LogP contribution < -0.4 is 4.90 Å². The first-order valence-corrected chi connectivity index (χ1v) is 9.48. The first kappa shape index (κ1) is 18.0. The van der Waals surface area contributed by atoms with Gasteiger partial charge in [-0.2, -0.15) is 15.7 Å². The number of amides is 2. The van der Waals surface area contributed by atoms with Crippen molar-refractivity contribution in [2.75, 3.05) is 38.1 Å². The maximum Gasteiger partial charge on any atom is 0.257 e. The van der Waals surface area contributed by atoms with E-state index in [9.17, 15) is 18.4 Å². The Morgan fingerprint density at radius 1 is 1.33 bits per heavy atom. The standard InChI is InChI=1S/C18H18F2N4O2S/c1-22-8-16(25)24(12-2-5-27-9-12)11-18(22)3-4-23(10-18)17(26)13-6-15(20)21-7-14(13)19/h2,5-7,9H,3-4,8,10-11H2,1H3. The summed E-state index contributed by atoms with van der Waals surface area (Å²) in [6.07, 6.45) is 1.37. The molecular formula is C18H18F2N4O2S. The summed E-state index contributed by atoms with van der Waals surface area (Å²) < 4.78 is 27.3. The normalized spacial score (nSPS) is 23.4. The Morgan fingerprint density at radius 3 is 2.89 bits per heavy atom. The van der Waals surface area contributed by atoms with Crippen LogP contribution in [0.4, 0.5) is 14.5 Å². The number of rotatable bonds is 2. The van der Waals surface area contributed by atoms with Gasteiger partial charge in [-0.3, -0.25) is 14.5 Å². The molecule has 2 aliphatic heterocycles. The van der Waals surface area contributed by atoms with E-state index in [0.717, 1.165) is 18.0 Å². The summed E-state index contributed by atoms with van der Waals surface area (Å²) in [6.45, 7) is 1.46. The van der Waals surface area contributed by atoms with Crippen molar-refractivity contribution in [1.29, 1.82) is 0 Å². The number of pyridine rings is 1. The van der Waals surface area contributed by atoms with E-state index in [1.54, 1.807) is 4.90 Å². The van der Waals surface area contributed by atoms with Crippen molar-refractivity contribution in [2.45, 2.75) is 12.0 Å². The van der Waals surface area contributed by atoms with Gasteiger partial charge in [0.1, 0.15) is 0 Å². The molecule has 4 rings (SSSR count). The van der Waals surface area contributed by atoms with E-state index >= 15 is 0 Å². The van der Waals surface area contributed by atoms with Gasteiger partial charge in [0.25, 0.3) is 5.91 Å². The van der Waals surface area contributed by atoms with Gasteiger partial charge in [0, 0.05) is 31.1 Å². The van der Waals surface area contributed by atoms with Gasteiger partial charge in [-0.15, -0.1) is 0 Å². The predicted molar refractivity (Wildman–Crippen MR) is 96.7 cm³/mol. The molecule has 1 unspecified atom stereocenters. The van der Waals surface area contributed by atoms with Crippen LogP contribution >= 0.6 is 11.3 Å². The lowest BCUT2D eigenvalue weighted by Crippen LogP contribution is -2.64. The van der Waals surface area contributed by atoms with E-state index in [2.05, 4.69) is 4.98 Å². The molecule has 0 aliphatic carbocycles. The number of likely N-dealkylation sites (tertiary alicyclic amines) is 1. The number of hydrogen-bond donors (Lipinski definition) is 0. The summed E-state index contributed by atoms with van der Waals surface area (Å²) in [7, 11) is 1.86. The summed E-state index contributed by atoms with van der Waals surface area (Å²) >= 11 is 1.52. The molecule has 142 valence electrons. The number of hydrogen-bond acceptors (Lipinski definition) is 5. The number of carbonyl (C=O) groups is 2. The molecule has 0 aromatic carbocycles. The second-order valence-corrected chi connectivity index (χ2v) is 7.79. The maximum absolute atomic E-state index is 13.9. The zero-order valence-corrected chi connectivity index (χ0v) is 15.5. The SMILES string of the molecule is CN1CC(=O)N(c2ccsc2)CC12CCN(C(=O)c1cc(F)ncc1F)C2. The van der Waals surface area contributed by atoms with E-state index in [0.29, 0.717) is 26.1 Å². The first-order valence-electron chi connectivity index (χ1n) is 8.54. The molecule has 1 spiro atoms. The Kier molecular flexibility index (Phi) is 4.43. The van der Waals surface area contributed by atoms with Crippen LogP contribution in [0.3, 0.4) is 0 Å². The molecule has 2 aromatic heterocycles. The highest BCUT2D eigenvalue weighted by Crippen LogP contribution is 2.34. The molecular weight excluding hydrogens is 374 g/mol. The van der Waals surface area contributed by atoms with Crippen molar-refractivity contribution in [3.63, 3.8) is 0 Å². The molecule has 1 atom stereocenters. The average Bonchev–Trinajstić information content (AvgIpc) is 3.30. The lowest BCUT2D eigenvalue weighted by atomic mass is 9.93. The molecule has 2 fully saturated rings. The van der Waals surface area contributed by atoms with Gasteiger partial charge in [0.2, 0.25) is 11.9 Å². The van der Waals surface area contributed by atoms with E-state index in [1.807, 2.05) is 28.8 Å². The fraction of sp³-hybridized carbons (Fsp3) is 0.389. The maximum atomic E-state index is 13.9. The molecule has 0 radical (unpaired) electrons. The van der Waals surface area contributed by atoms with Gasteiger partial charge in [-0.25, -0.2) is 9.37 Å². The lowest BCUT2D eigenvalue weighted by molar-refractivity contribution is -0.123. The molecule has 2 aliphatic rings. The Labute approximate surface area is 159 Å². The largest absolute Gasteiger partial charge is 0.337 e. The molecule has 6 nitrogen and oxygen atoms in total. The Bertz CT molecular complexity index is 891. The third-order valence-corrected chi connectivity index (χ3v) is 6.10. The average molecular weight is 392 g/mol. The van der Waals surface area contributed by atoms with E-state index in [-0.39, 0.29) is 18.0 Å². The number of likely N-dealkylation sites (N-methyl/N-ethyl adjacent to an activating group) is 1. The van der Waals surface area contributed by atoms with Crippen LogP contribution in [-0.2, 0) is 4.79 Å². The highest BCUT2D eigenvalue weighted by atomic mass is 32.1. The van der Waals surface area contributed by atoms with Crippen LogP contribution in [0.15, 0.2) is 29.1 Å². The van der Waals surface area contributed by atoms with Crippen LogP contribution in [0.2, 0.25) is 0 Å². The minimum atomic E-state index is -0.891. The van der Waals surface area contributed by atoms with Gasteiger partial charge in [-0.1, -0.05) is 0 Å². The summed E-state index contributed by atoms with van der Waals surface area (Å²) in [4.78, 5) is 33.7. The molecule has 0 bridgehead atoms. The number of halogens is 2. The van der Waals surface area contributed by atoms with Gasteiger partial charge in [-0.05, 0) is 24.9 Å². The molecule has 9 heteroatoms. The number of aromatic nitrogens is 1. The second kappa shape index (κ2) is 6.65. The highest BCUT2D eigenvalue weighted by molar-refractivity contribution is 7.08. The van der Waals surface area contributed by atoms with Crippen LogP contribution in [0.5, 0.6) is 0 Å². The fourth-order valence-corrected chi connectivity index (χ4v) is 4.46. The summed E-state index contributed by atoms with van der Waals surface area (Å²) in [6, 6.07) is 2.73. The molecule has 2 aromatic rings. The Balaban J connectivity index is 1.57. The molecule has 0 saturated carbocycles. The molecule has 2 amide bonds. The zero-order chi connectivity index (χ0) is 19.2. The van der Waals surface area contributed by atoms with Gasteiger partial charge >= 0.3 is 0 Å². The number of nitrogens with zero attached hydrogens (tertiary/aromatic N) is 4. The van der Waals surface area contributed by atoms with E-state index < -0.39 is 23.2 Å². The Hall–Kier alpha value is -2.39. The van der Waals surface area contributed by atoms with Gasteiger partial charge < -0.3 is 9.80 Å². The minimum absolute atomic E-state index is 0.00792. The van der Waals surface area contributed by atoms with Crippen molar-refractivity contribution in [3.05, 3.63) is 46.4 Å². The van der Waals surface area contributed by atoms with Crippen molar-refractivity contribution in [2.24, 2.45) is 0 Å². The minimum Gasteiger partial charge on any atom is -0.337 e. The lowest BCUT2D eigenvalue weighted by Gasteiger charge is -2.46. The quantitative estimate of drug-likeness (QED) is 0.734. The molecule has 4 heterocycles. The smallest absolute Gasteiger partial charge is 0.257 e. The van der Waals surface area contributed by atoms with E-state index in [1.165, 1.54) is 16.2 Å². The van der Waals surface area contributed by atoms with Crippen molar-refractivity contribution < 1.29 is 18.4 Å². The van der Waals surface area contributed by atoms with Gasteiger partial charge in [0.05, 0.1) is 29.5 Å². The van der Waals surface area contributed by atoms with Crippen molar-refractivity contribution >= 4 is 28.8 Å². The van der Waals surface area contributed by atoms with Crippen molar-refractivity contribution in [1.82, 2.24) is 14.8 Å². The number of carbonyl (C=O) groups excluding carboxylic acids is 2. The predicted octanol–water partition coefficient (Wildman–Crippen LogP) is 1.98.